The molecule has 0 saturated heterocycles. The van der Waals surface area contributed by atoms with Crippen LogP contribution in [0.25, 0.3) is 0 Å². The number of amides is 6. The molecular weight excluding hydrogens is 644 g/mol. The molecule has 14 nitrogen and oxygen atoms in total. The topological polar surface area (TPSA) is 212 Å². The zero-order valence-corrected chi connectivity index (χ0v) is 29.6. The van der Waals surface area contributed by atoms with Gasteiger partial charge in [0.15, 0.2) is 0 Å². The molecule has 7 N–H and O–H groups in total. The number of carbonyl (C=O) groups is 7. The first kappa shape index (κ1) is 39.1. The minimum absolute atomic E-state index is 0.0970. The Morgan fingerprint density at radius 3 is 1.76 bits per heavy atom. The Morgan fingerprint density at radius 1 is 0.580 bits per heavy atom. The van der Waals surface area contributed by atoms with Crippen molar-refractivity contribution >= 4 is 41.4 Å². The van der Waals surface area contributed by atoms with E-state index in [-0.39, 0.29) is 30.3 Å². The number of hydrogen-bond acceptors (Lipinski definition) is 7. The molecule has 0 aliphatic heterocycles. The predicted octanol–water partition coefficient (Wildman–Crippen LogP) is 1.52. The van der Waals surface area contributed by atoms with E-state index < -0.39 is 67.1 Å². The van der Waals surface area contributed by atoms with E-state index in [0.29, 0.717) is 31.1 Å². The van der Waals surface area contributed by atoms with Crippen LogP contribution in [0.2, 0.25) is 0 Å². The van der Waals surface area contributed by atoms with Gasteiger partial charge < -0.3 is 37.0 Å². The summed E-state index contributed by atoms with van der Waals surface area (Å²) in [5.74, 6) is -2.62. The van der Waals surface area contributed by atoms with Crippen LogP contribution in [-0.4, -0.2) is 84.8 Å². The van der Waals surface area contributed by atoms with Crippen molar-refractivity contribution in [2.24, 2.45) is 35.5 Å². The summed E-state index contributed by atoms with van der Waals surface area (Å²) >= 11 is 0. The molecule has 4 aliphatic carbocycles. The third-order valence-electron chi connectivity index (χ3n) is 11.5. The molecule has 50 heavy (non-hydrogen) atoms. The Labute approximate surface area is 295 Å². The van der Waals surface area contributed by atoms with Crippen LogP contribution >= 0.6 is 0 Å². The third kappa shape index (κ3) is 12.6. The second kappa shape index (κ2) is 19.6. The van der Waals surface area contributed by atoms with Crippen molar-refractivity contribution < 1.29 is 38.7 Å². The maximum absolute atomic E-state index is 13.3. The number of carboxylic acid groups (broad SMARTS) is 1. The lowest BCUT2D eigenvalue weighted by atomic mass is 9.70. The zero-order chi connectivity index (χ0) is 36.0. The van der Waals surface area contributed by atoms with Crippen molar-refractivity contribution in [3.05, 3.63) is 0 Å². The maximum Gasteiger partial charge on any atom is 0.322 e. The van der Waals surface area contributed by atoms with E-state index in [9.17, 15) is 33.6 Å². The van der Waals surface area contributed by atoms with Gasteiger partial charge in [0.1, 0.15) is 12.6 Å². The fraction of sp³-hybridized carbons (Fsp3) is 0.806. The van der Waals surface area contributed by atoms with Crippen molar-refractivity contribution in [2.45, 2.75) is 122 Å². The number of carboxylic acids is 1. The molecule has 3 unspecified atom stereocenters. The summed E-state index contributed by atoms with van der Waals surface area (Å²) in [5.41, 5.74) is 0. The van der Waals surface area contributed by atoms with E-state index in [2.05, 4.69) is 38.8 Å². The maximum atomic E-state index is 13.3. The lowest BCUT2D eigenvalue weighted by Crippen LogP contribution is -2.54. The van der Waals surface area contributed by atoms with Crippen LogP contribution in [0.5, 0.6) is 0 Å². The quantitative estimate of drug-likeness (QED) is 0.125. The second-order valence-corrected chi connectivity index (χ2v) is 15.2. The summed E-state index contributed by atoms with van der Waals surface area (Å²) in [4.78, 5) is 86.9. The highest BCUT2D eigenvalue weighted by molar-refractivity contribution is 5.94. The third-order valence-corrected chi connectivity index (χ3v) is 11.5. The average molecular weight is 703 g/mol. The highest BCUT2D eigenvalue weighted by Crippen LogP contribution is 2.41. The minimum atomic E-state index is -1.22. The summed E-state index contributed by atoms with van der Waals surface area (Å²) in [6.45, 7) is 0.416. The summed E-state index contributed by atoms with van der Waals surface area (Å²) in [5, 5.41) is 24.2. The van der Waals surface area contributed by atoms with Crippen molar-refractivity contribution in [3.8, 4) is 0 Å². The highest BCUT2D eigenvalue weighted by Gasteiger charge is 2.42. The van der Waals surface area contributed by atoms with Crippen LogP contribution in [0.15, 0.2) is 0 Å². The normalized spacial score (nSPS) is 27.4. The van der Waals surface area contributed by atoms with Crippen molar-refractivity contribution in [2.75, 3.05) is 26.2 Å². The molecule has 0 spiro atoms. The molecule has 0 aromatic heterocycles. The molecular formula is C36H58N6O8. The van der Waals surface area contributed by atoms with E-state index in [1.54, 1.807) is 0 Å². The Kier molecular flexibility index (Phi) is 15.3. The molecule has 0 bridgehead atoms. The van der Waals surface area contributed by atoms with Gasteiger partial charge in [0, 0.05) is 17.9 Å². The van der Waals surface area contributed by atoms with E-state index in [1.165, 1.54) is 32.1 Å². The standard InChI is InChI=1S/C36H58N6O8/c1-22-7-13-26(14-8-22)41-35(49)28-16-15-27(28)34(48)39-20-32(45)42-29(17-23-9-11-25(12-10-23)24-5-3-2-4-6-24)36(50)40-19-31(44)37-18-30(43)38-21-33(46)47/h22-29H,2-21H2,1H3,(H,37,44)(H,38,43)(H,39,48)(H,40,50)(H,41,49)(H,42,45)(H,46,47). The predicted molar refractivity (Wildman–Crippen MR) is 184 cm³/mol. The largest absolute Gasteiger partial charge is 0.480 e. The fourth-order valence-electron chi connectivity index (χ4n) is 8.22. The number of rotatable bonds is 16. The summed E-state index contributed by atoms with van der Waals surface area (Å²) < 4.78 is 0. The van der Waals surface area contributed by atoms with E-state index >= 15 is 0 Å². The lowest BCUT2D eigenvalue weighted by molar-refractivity contribution is -0.141. The Bertz CT molecular complexity index is 1210. The van der Waals surface area contributed by atoms with Crippen LogP contribution in [0.4, 0.5) is 0 Å². The Hall–Kier alpha value is -3.71. The molecule has 0 aromatic rings. The zero-order valence-electron chi connectivity index (χ0n) is 29.6. The molecule has 4 aliphatic rings. The van der Waals surface area contributed by atoms with Crippen LogP contribution in [0.3, 0.4) is 0 Å². The van der Waals surface area contributed by atoms with Crippen molar-refractivity contribution in [3.63, 3.8) is 0 Å². The highest BCUT2D eigenvalue weighted by atomic mass is 16.4. The van der Waals surface area contributed by atoms with Gasteiger partial charge >= 0.3 is 5.97 Å². The van der Waals surface area contributed by atoms with Crippen LogP contribution in [-0.2, 0) is 33.6 Å². The number of carbonyl (C=O) groups excluding carboxylic acids is 6. The van der Waals surface area contributed by atoms with Crippen LogP contribution in [0, 0.1) is 35.5 Å². The summed E-state index contributed by atoms with van der Waals surface area (Å²) in [6.07, 6.45) is 16.2. The summed E-state index contributed by atoms with van der Waals surface area (Å²) in [6, 6.07) is -0.781. The molecule has 280 valence electrons. The van der Waals surface area contributed by atoms with Gasteiger partial charge in [-0.1, -0.05) is 51.9 Å². The molecule has 3 atom stereocenters. The first-order valence-corrected chi connectivity index (χ1v) is 18.9. The first-order chi connectivity index (χ1) is 24.0. The molecule has 0 radical (unpaired) electrons. The SMILES string of the molecule is CC1CCC(NC(=O)C2CCC2C(=O)NCC(=O)NC(CC2CCC(C3CCCCC3)CC2)C(=O)NCC(=O)NCC(=O)NCC(=O)O)CC1. The van der Waals surface area contributed by atoms with Gasteiger partial charge in [-0.15, -0.1) is 0 Å². The Balaban J connectivity index is 1.25. The van der Waals surface area contributed by atoms with E-state index in [0.717, 1.165) is 57.3 Å². The second-order valence-electron chi connectivity index (χ2n) is 15.2. The monoisotopic (exact) mass is 702 g/mol. The van der Waals surface area contributed by atoms with Gasteiger partial charge in [-0.25, -0.2) is 0 Å². The number of aliphatic carboxylic acids is 1. The molecule has 14 heteroatoms. The summed E-state index contributed by atoms with van der Waals surface area (Å²) in [7, 11) is 0. The van der Waals surface area contributed by atoms with E-state index in [4.69, 9.17) is 5.11 Å². The van der Waals surface area contributed by atoms with Crippen molar-refractivity contribution in [1.29, 1.82) is 0 Å². The number of hydrogen-bond donors (Lipinski definition) is 7. The Morgan fingerprint density at radius 2 is 1.14 bits per heavy atom. The van der Waals surface area contributed by atoms with Gasteiger partial charge in [-0.3, -0.25) is 33.6 Å². The van der Waals surface area contributed by atoms with Gasteiger partial charge in [-0.05, 0) is 81.5 Å². The van der Waals surface area contributed by atoms with Crippen LogP contribution in [0.1, 0.15) is 110 Å². The van der Waals surface area contributed by atoms with Crippen LogP contribution < -0.4 is 31.9 Å². The van der Waals surface area contributed by atoms with Gasteiger partial charge in [0.05, 0.1) is 19.6 Å². The fourth-order valence-corrected chi connectivity index (χ4v) is 8.22. The molecule has 6 amide bonds. The molecule has 4 rings (SSSR count). The molecule has 0 aromatic carbocycles. The van der Waals surface area contributed by atoms with Crippen molar-refractivity contribution in [1.82, 2.24) is 31.9 Å². The number of nitrogens with one attached hydrogen (secondary N) is 6. The van der Waals surface area contributed by atoms with Gasteiger partial charge in [0.2, 0.25) is 35.4 Å². The lowest BCUT2D eigenvalue weighted by Gasteiger charge is -2.37. The van der Waals surface area contributed by atoms with E-state index in [1.807, 2.05) is 0 Å². The molecule has 4 fully saturated rings. The molecule has 4 saturated carbocycles. The van der Waals surface area contributed by atoms with Gasteiger partial charge in [-0.2, -0.15) is 0 Å². The minimum Gasteiger partial charge on any atom is -0.480 e. The average Bonchev–Trinajstić information content (AvgIpc) is 3.08. The molecule has 0 heterocycles. The smallest absolute Gasteiger partial charge is 0.322 e. The van der Waals surface area contributed by atoms with Gasteiger partial charge in [0.25, 0.3) is 0 Å². The first-order valence-electron chi connectivity index (χ1n) is 18.9.